The molecule has 0 N–H and O–H groups in total. The minimum Gasteiger partial charge on any atom is -0.349 e. The highest BCUT2D eigenvalue weighted by Gasteiger charge is 2.43. The molecule has 0 radical (unpaired) electrons. The first kappa shape index (κ1) is 16.5. The minimum absolute atomic E-state index is 0.135. The maximum absolute atomic E-state index is 2.53. The van der Waals surface area contributed by atoms with Gasteiger partial charge in [-0.3, -0.25) is 9.13 Å². The van der Waals surface area contributed by atoms with Crippen molar-refractivity contribution >= 4 is 51.2 Å². The fourth-order valence-electron chi connectivity index (χ4n) is 5.81. The Kier molecular flexibility index (Phi) is 2.96. The van der Waals surface area contributed by atoms with Gasteiger partial charge in [0.25, 0.3) is 0 Å². The van der Waals surface area contributed by atoms with Crippen molar-refractivity contribution in [2.75, 3.05) is 4.81 Å². The number of para-hydroxylation sites is 4. The fourth-order valence-corrected chi connectivity index (χ4v) is 5.81. The van der Waals surface area contributed by atoms with Crippen molar-refractivity contribution in [1.82, 2.24) is 9.13 Å². The lowest BCUT2D eigenvalue weighted by atomic mass is 9.46. The second-order valence-electron chi connectivity index (χ2n) is 8.68. The third kappa shape index (κ3) is 1.89. The second-order valence-corrected chi connectivity index (χ2v) is 8.68. The van der Waals surface area contributed by atoms with Crippen molar-refractivity contribution in [1.29, 1.82) is 0 Å². The number of fused-ring (bicyclic) bond motifs is 15. The van der Waals surface area contributed by atoms with Crippen LogP contribution in [0.2, 0.25) is 0 Å². The molecule has 148 valence electrons. The first-order chi connectivity index (χ1) is 15.9. The Balaban J connectivity index is 1.57. The van der Waals surface area contributed by atoms with Gasteiger partial charge in [0.05, 0.1) is 11.0 Å². The van der Waals surface area contributed by atoms with Gasteiger partial charge in [-0.25, -0.2) is 0 Å². The molecule has 2 aliphatic heterocycles. The van der Waals surface area contributed by atoms with Crippen molar-refractivity contribution in [3.8, 4) is 11.4 Å². The monoisotopic (exact) mass is 407 g/mol. The number of nitrogens with zero attached hydrogens (tertiary/aromatic N) is 3. The van der Waals surface area contributed by atoms with Gasteiger partial charge in [-0.05, 0) is 47.3 Å². The van der Waals surface area contributed by atoms with Crippen LogP contribution in [0.15, 0.2) is 109 Å². The van der Waals surface area contributed by atoms with Crippen LogP contribution in [-0.4, -0.2) is 16.0 Å². The number of hydrogen-bond donors (Lipinski definition) is 0. The predicted octanol–water partition coefficient (Wildman–Crippen LogP) is 5.15. The smallest absolute Gasteiger partial charge is 0.335 e. The molecule has 0 saturated carbocycles. The van der Waals surface area contributed by atoms with E-state index in [0.717, 1.165) is 0 Å². The van der Waals surface area contributed by atoms with Gasteiger partial charge in [0.1, 0.15) is 11.6 Å². The maximum Gasteiger partial charge on any atom is 0.335 e. The van der Waals surface area contributed by atoms with E-state index in [1.54, 1.807) is 0 Å². The normalized spacial score (nSPS) is 13.5. The van der Waals surface area contributed by atoms with E-state index in [9.17, 15) is 0 Å². The number of hydrogen-bond acceptors (Lipinski definition) is 1. The van der Waals surface area contributed by atoms with Gasteiger partial charge in [-0.15, -0.1) is 0 Å². The first-order valence-electron chi connectivity index (χ1n) is 11.1. The molecular formula is C28H18BN3. The molecule has 4 heterocycles. The molecule has 2 aliphatic rings. The summed E-state index contributed by atoms with van der Waals surface area (Å²) in [5.74, 6) is 2.43. The molecule has 3 nitrogen and oxygen atoms in total. The summed E-state index contributed by atoms with van der Waals surface area (Å²) in [6.07, 6.45) is 0. The van der Waals surface area contributed by atoms with Crippen LogP contribution in [-0.2, 0) is 0 Å². The SMILES string of the molecule is c1ccc2c(c1)B1c3ccccc3-n3c(cc4ccccc43)N1c1cc3ccccc3n1-2. The Bertz CT molecular complexity index is 1580. The predicted molar refractivity (Wildman–Crippen MR) is 134 cm³/mol. The zero-order valence-electron chi connectivity index (χ0n) is 17.3. The van der Waals surface area contributed by atoms with Gasteiger partial charge in [0.15, 0.2) is 0 Å². The van der Waals surface area contributed by atoms with E-state index in [1.165, 1.54) is 55.7 Å². The molecule has 4 aromatic carbocycles. The largest absolute Gasteiger partial charge is 0.349 e. The molecule has 0 atom stereocenters. The van der Waals surface area contributed by atoms with Crippen molar-refractivity contribution < 1.29 is 0 Å². The van der Waals surface area contributed by atoms with Gasteiger partial charge in [-0.1, -0.05) is 72.8 Å². The summed E-state index contributed by atoms with van der Waals surface area (Å²) < 4.78 is 4.86. The van der Waals surface area contributed by atoms with Crippen LogP contribution in [0.3, 0.4) is 0 Å². The van der Waals surface area contributed by atoms with Crippen LogP contribution < -0.4 is 15.7 Å². The minimum atomic E-state index is 0.135. The molecule has 0 saturated heterocycles. The average Bonchev–Trinajstić information content (AvgIpc) is 3.43. The number of rotatable bonds is 0. The Morgan fingerprint density at radius 2 is 0.906 bits per heavy atom. The van der Waals surface area contributed by atoms with E-state index >= 15 is 0 Å². The standard InChI is InChI=1S/C28H18BN3/c1-5-13-23-19(9-1)17-27-30(23)25-15-7-3-11-21(25)29-22-12-4-8-16-26(22)31-24-14-6-2-10-20(24)18-28(31)32(27)29/h1-18H. The first-order valence-corrected chi connectivity index (χ1v) is 11.1. The summed E-state index contributed by atoms with van der Waals surface area (Å²) in [6, 6.07) is 39.8. The highest BCUT2D eigenvalue weighted by molar-refractivity contribution is 6.91. The molecule has 4 heteroatoms. The summed E-state index contributed by atoms with van der Waals surface area (Å²) in [7, 11) is 0. The van der Waals surface area contributed by atoms with Gasteiger partial charge in [-0.2, -0.15) is 0 Å². The van der Waals surface area contributed by atoms with E-state index in [1.807, 2.05) is 0 Å². The molecule has 0 amide bonds. The lowest BCUT2D eigenvalue weighted by Crippen LogP contribution is -2.61. The molecule has 8 rings (SSSR count). The molecule has 0 unspecified atom stereocenters. The maximum atomic E-state index is 2.53. The molecule has 32 heavy (non-hydrogen) atoms. The quantitative estimate of drug-likeness (QED) is 0.318. The van der Waals surface area contributed by atoms with Crippen molar-refractivity contribution in [3.63, 3.8) is 0 Å². The lowest BCUT2D eigenvalue weighted by molar-refractivity contribution is 1.02. The molecule has 0 bridgehead atoms. The highest BCUT2D eigenvalue weighted by atomic mass is 15.3. The second kappa shape index (κ2) is 5.74. The Morgan fingerprint density at radius 3 is 1.44 bits per heavy atom. The van der Waals surface area contributed by atoms with Crippen molar-refractivity contribution in [3.05, 3.63) is 109 Å². The number of benzene rings is 4. The van der Waals surface area contributed by atoms with Crippen LogP contribution in [0.25, 0.3) is 33.2 Å². The summed E-state index contributed by atoms with van der Waals surface area (Å²) in [5.41, 5.74) is 7.70. The highest BCUT2D eigenvalue weighted by Crippen LogP contribution is 2.43. The topological polar surface area (TPSA) is 13.1 Å². The third-order valence-electron chi connectivity index (χ3n) is 7.08. The number of aromatic nitrogens is 2. The van der Waals surface area contributed by atoms with E-state index in [2.05, 4.69) is 123 Å². The van der Waals surface area contributed by atoms with Gasteiger partial charge in [0.2, 0.25) is 0 Å². The van der Waals surface area contributed by atoms with Crippen LogP contribution in [0, 0.1) is 0 Å². The summed E-state index contributed by atoms with van der Waals surface area (Å²) in [6.45, 7) is 0.135. The van der Waals surface area contributed by atoms with Crippen LogP contribution >= 0.6 is 0 Å². The molecular weight excluding hydrogens is 389 g/mol. The van der Waals surface area contributed by atoms with E-state index < -0.39 is 0 Å². The lowest BCUT2D eigenvalue weighted by Gasteiger charge is -2.42. The average molecular weight is 407 g/mol. The van der Waals surface area contributed by atoms with E-state index in [0.29, 0.717) is 0 Å². The molecule has 0 spiro atoms. The van der Waals surface area contributed by atoms with Crippen molar-refractivity contribution in [2.24, 2.45) is 0 Å². The molecule has 2 aromatic heterocycles. The van der Waals surface area contributed by atoms with Gasteiger partial charge in [0, 0.05) is 22.1 Å². The fraction of sp³-hybridized carbons (Fsp3) is 0. The van der Waals surface area contributed by atoms with E-state index in [4.69, 9.17) is 0 Å². The molecule has 0 aliphatic carbocycles. The molecule has 0 fully saturated rings. The Labute approximate surface area is 185 Å². The van der Waals surface area contributed by atoms with Crippen LogP contribution in [0.4, 0.5) is 11.6 Å². The zero-order valence-corrected chi connectivity index (χ0v) is 17.3. The third-order valence-corrected chi connectivity index (χ3v) is 7.08. The number of anilines is 2. The summed E-state index contributed by atoms with van der Waals surface area (Å²) in [4.78, 5) is 2.53. The zero-order chi connectivity index (χ0) is 20.8. The Morgan fingerprint density at radius 1 is 0.469 bits per heavy atom. The van der Waals surface area contributed by atoms with Crippen LogP contribution in [0.5, 0.6) is 0 Å². The van der Waals surface area contributed by atoms with E-state index in [-0.39, 0.29) is 6.85 Å². The van der Waals surface area contributed by atoms with Crippen molar-refractivity contribution in [2.45, 2.75) is 0 Å². The summed E-state index contributed by atoms with van der Waals surface area (Å²) >= 11 is 0. The van der Waals surface area contributed by atoms with Crippen LogP contribution in [0.1, 0.15) is 0 Å². The molecule has 6 aromatic rings. The Hall–Kier alpha value is -4.18. The van der Waals surface area contributed by atoms with Gasteiger partial charge < -0.3 is 4.81 Å². The summed E-state index contributed by atoms with van der Waals surface area (Å²) in [5, 5.41) is 2.53. The van der Waals surface area contributed by atoms with Gasteiger partial charge >= 0.3 is 6.85 Å².